The third kappa shape index (κ3) is 3.76. The molecule has 0 N–H and O–H groups in total. The average molecular weight is 447 g/mol. The fraction of sp³-hybridized carbons (Fsp3) is 0.409. The molecule has 0 aromatic heterocycles. The van der Waals surface area contributed by atoms with Crippen LogP contribution in [0.3, 0.4) is 0 Å². The third-order valence-corrected chi connectivity index (χ3v) is 8.14. The summed E-state index contributed by atoms with van der Waals surface area (Å²) in [5.74, 6) is 0.562. The minimum Gasteiger partial charge on any atom is -0.367 e. The lowest BCUT2D eigenvalue weighted by atomic mass is 10.1. The monoisotopic (exact) mass is 446 g/mol. The second kappa shape index (κ2) is 8.12. The van der Waals surface area contributed by atoms with E-state index in [1.54, 1.807) is 6.07 Å². The molecular weight excluding hydrogens is 420 g/mol. The maximum absolute atomic E-state index is 13.5. The zero-order chi connectivity index (χ0) is 21.5. The smallest absolute Gasteiger partial charge is 0.266 e. The number of piperazine rings is 1. The molecule has 0 radical (unpaired) electrons. The molecule has 0 bridgehead atoms. The van der Waals surface area contributed by atoms with Gasteiger partial charge in [-0.25, -0.2) is 12.7 Å². The zero-order valence-electron chi connectivity index (χ0n) is 17.6. The molecule has 4 rings (SSSR count). The lowest BCUT2D eigenvalue weighted by Crippen LogP contribution is -2.53. The van der Waals surface area contributed by atoms with Crippen molar-refractivity contribution in [1.29, 1.82) is 0 Å². The van der Waals surface area contributed by atoms with Crippen LogP contribution in [0.2, 0.25) is 5.02 Å². The summed E-state index contributed by atoms with van der Waals surface area (Å²) in [5, 5.41) is 0.735. The van der Waals surface area contributed by atoms with E-state index in [1.807, 2.05) is 51.1 Å². The molecule has 2 aromatic rings. The first-order valence-corrected chi connectivity index (χ1v) is 12.0. The summed E-state index contributed by atoms with van der Waals surface area (Å²) in [6.45, 7) is 9.59. The van der Waals surface area contributed by atoms with E-state index in [9.17, 15) is 8.42 Å². The number of benzene rings is 2. The van der Waals surface area contributed by atoms with Crippen molar-refractivity contribution in [3.63, 3.8) is 0 Å². The van der Waals surface area contributed by atoms with Gasteiger partial charge >= 0.3 is 0 Å². The van der Waals surface area contributed by atoms with Crippen molar-refractivity contribution in [1.82, 2.24) is 9.21 Å². The Morgan fingerprint density at radius 3 is 2.20 bits per heavy atom. The van der Waals surface area contributed by atoms with Crippen LogP contribution in [0.15, 0.2) is 46.3 Å². The van der Waals surface area contributed by atoms with E-state index in [-0.39, 0.29) is 0 Å². The first kappa shape index (κ1) is 21.0. The van der Waals surface area contributed by atoms with Gasteiger partial charge in [0.25, 0.3) is 10.0 Å². The second-order valence-corrected chi connectivity index (χ2v) is 10.1. The Kier molecular flexibility index (Phi) is 5.68. The number of aryl methyl sites for hydroxylation is 3. The fourth-order valence-electron chi connectivity index (χ4n) is 4.09. The van der Waals surface area contributed by atoms with Gasteiger partial charge in [0.15, 0.2) is 0 Å². The lowest BCUT2D eigenvalue weighted by molar-refractivity contribution is 0.358. The van der Waals surface area contributed by atoms with Crippen molar-refractivity contribution in [2.75, 3.05) is 44.2 Å². The van der Waals surface area contributed by atoms with Gasteiger partial charge in [-0.2, -0.15) is 0 Å². The van der Waals surface area contributed by atoms with Crippen molar-refractivity contribution in [2.45, 2.75) is 25.7 Å². The van der Waals surface area contributed by atoms with Gasteiger partial charge in [0, 0.05) is 26.2 Å². The fourth-order valence-corrected chi connectivity index (χ4v) is 6.09. The Bertz CT molecular complexity index is 1090. The lowest BCUT2D eigenvalue weighted by Gasteiger charge is -2.39. The Morgan fingerprint density at radius 1 is 0.867 bits per heavy atom. The SMILES string of the molecule is Cc1cc(C)c(S(=O)(=O)N2CCN=C2N2CCN(c3ccccc3Cl)CC2)cc1C. The molecule has 30 heavy (non-hydrogen) atoms. The minimum absolute atomic E-state index is 0.370. The van der Waals surface area contributed by atoms with Crippen LogP contribution in [0.5, 0.6) is 0 Å². The highest BCUT2D eigenvalue weighted by atomic mass is 35.5. The summed E-state index contributed by atoms with van der Waals surface area (Å²) in [7, 11) is -3.65. The molecule has 0 atom stereocenters. The quantitative estimate of drug-likeness (QED) is 0.724. The Hall–Kier alpha value is -2.25. The van der Waals surface area contributed by atoms with Crippen LogP contribution in [0, 0.1) is 20.8 Å². The summed E-state index contributed by atoms with van der Waals surface area (Å²) in [6.07, 6.45) is 0. The number of hydrogen-bond acceptors (Lipinski definition) is 5. The Balaban J connectivity index is 1.54. The van der Waals surface area contributed by atoms with Gasteiger partial charge in [-0.3, -0.25) is 4.99 Å². The highest BCUT2D eigenvalue weighted by Crippen LogP contribution is 2.28. The highest BCUT2D eigenvalue weighted by Gasteiger charge is 2.36. The van der Waals surface area contributed by atoms with Gasteiger partial charge < -0.3 is 9.80 Å². The highest BCUT2D eigenvalue weighted by molar-refractivity contribution is 7.89. The topological polar surface area (TPSA) is 56.2 Å². The number of sulfonamides is 1. The Labute approximate surface area is 183 Å². The summed E-state index contributed by atoms with van der Waals surface area (Å²) in [4.78, 5) is 9.25. The molecule has 0 unspecified atom stereocenters. The molecule has 0 aliphatic carbocycles. The first-order valence-electron chi connectivity index (χ1n) is 10.2. The molecule has 2 heterocycles. The Morgan fingerprint density at radius 2 is 1.50 bits per heavy atom. The van der Waals surface area contributed by atoms with Crippen molar-refractivity contribution in [3.05, 3.63) is 58.1 Å². The maximum atomic E-state index is 13.5. The van der Waals surface area contributed by atoms with Crippen molar-refractivity contribution in [2.24, 2.45) is 4.99 Å². The predicted octanol–water partition coefficient (Wildman–Crippen LogP) is 3.45. The molecule has 2 aliphatic rings. The van der Waals surface area contributed by atoms with Gasteiger partial charge in [0.05, 0.1) is 28.7 Å². The standard InChI is InChI=1S/C22H27ClN4O2S/c1-16-14-18(3)21(15-17(16)2)30(28,29)27-9-8-24-22(27)26-12-10-25(11-13-26)20-7-5-4-6-19(20)23/h4-7,14-15H,8-13H2,1-3H3. The maximum Gasteiger partial charge on any atom is 0.266 e. The van der Waals surface area contributed by atoms with E-state index in [4.69, 9.17) is 11.6 Å². The van der Waals surface area contributed by atoms with E-state index in [0.717, 1.165) is 40.5 Å². The summed E-state index contributed by atoms with van der Waals surface area (Å²) in [6, 6.07) is 11.5. The minimum atomic E-state index is -3.65. The molecule has 0 amide bonds. The number of guanidine groups is 1. The van der Waals surface area contributed by atoms with E-state index in [2.05, 4.69) is 14.8 Å². The second-order valence-electron chi connectivity index (χ2n) is 7.89. The molecule has 1 saturated heterocycles. The molecule has 1 fully saturated rings. The summed E-state index contributed by atoms with van der Waals surface area (Å²) in [5.41, 5.74) is 3.86. The number of hydrogen-bond donors (Lipinski definition) is 0. The van der Waals surface area contributed by atoms with Crippen molar-refractivity contribution >= 4 is 33.3 Å². The van der Waals surface area contributed by atoms with Gasteiger partial charge in [0.1, 0.15) is 0 Å². The molecule has 0 spiro atoms. The molecule has 160 valence electrons. The van der Waals surface area contributed by atoms with Gasteiger partial charge in [-0.15, -0.1) is 0 Å². The largest absolute Gasteiger partial charge is 0.367 e. The molecule has 2 aliphatic heterocycles. The number of nitrogens with zero attached hydrogens (tertiary/aromatic N) is 4. The number of rotatable bonds is 3. The van der Waals surface area contributed by atoms with Crippen LogP contribution in [-0.2, 0) is 10.0 Å². The summed E-state index contributed by atoms with van der Waals surface area (Å²) >= 11 is 6.34. The first-order chi connectivity index (χ1) is 14.3. The van der Waals surface area contributed by atoms with Gasteiger partial charge in [0.2, 0.25) is 5.96 Å². The molecule has 6 nitrogen and oxygen atoms in total. The van der Waals surface area contributed by atoms with Crippen LogP contribution >= 0.6 is 11.6 Å². The normalized spacial score (nSPS) is 17.5. The summed E-state index contributed by atoms with van der Waals surface area (Å²) < 4.78 is 28.5. The van der Waals surface area contributed by atoms with E-state index in [0.29, 0.717) is 37.0 Å². The number of aliphatic imine (C=N–C) groups is 1. The van der Waals surface area contributed by atoms with Crippen LogP contribution in [0.25, 0.3) is 0 Å². The number of anilines is 1. The number of para-hydroxylation sites is 1. The molecule has 2 aromatic carbocycles. The van der Waals surface area contributed by atoms with E-state index < -0.39 is 10.0 Å². The van der Waals surface area contributed by atoms with Crippen LogP contribution in [0.1, 0.15) is 16.7 Å². The van der Waals surface area contributed by atoms with Crippen molar-refractivity contribution < 1.29 is 8.42 Å². The van der Waals surface area contributed by atoms with E-state index >= 15 is 0 Å². The van der Waals surface area contributed by atoms with Crippen LogP contribution < -0.4 is 4.90 Å². The number of halogens is 1. The van der Waals surface area contributed by atoms with Crippen molar-refractivity contribution in [3.8, 4) is 0 Å². The molecule has 8 heteroatoms. The predicted molar refractivity (Wildman–Crippen MR) is 122 cm³/mol. The zero-order valence-corrected chi connectivity index (χ0v) is 19.2. The molecule has 0 saturated carbocycles. The average Bonchev–Trinajstić information content (AvgIpc) is 3.22. The van der Waals surface area contributed by atoms with Gasteiger partial charge in [-0.05, 0) is 55.7 Å². The van der Waals surface area contributed by atoms with Gasteiger partial charge in [-0.1, -0.05) is 29.8 Å². The van der Waals surface area contributed by atoms with E-state index in [1.165, 1.54) is 4.31 Å². The third-order valence-electron chi connectivity index (χ3n) is 5.89. The molecular formula is C22H27ClN4O2S. The van der Waals surface area contributed by atoms with Crippen LogP contribution in [0.4, 0.5) is 5.69 Å². The van der Waals surface area contributed by atoms with Crippen LogP contribution in [-0.4, -0.2) is 62.9 Å².